The molecular weight excluding hydrogens is 272 g/mol. The summed E-state index contributed by atoms with van der Waals surface area (Å²) in [7, 11) is 0. The van der Waals surface area contributed by atoms with Crippen molar-refractivity contribution >= 4 is 17.3 Å². The average Bonchev–Trinajstić information content (AvgIpc) is 2.41. The van der Waals surface area contributed by atoms with Gasteiger partial charge in [-0.2, -0.15) is 0 Å². The fourth-order valence-electron chi connectivity index (χ4n) is 3.09. The zero-order valence-electron chi connectivity index (χ0n) is 14.3. The molecule has 114 valence electrons. The van der Waals surface area contributed by atoms with E-state index in [-0.39, 0.29) is 5.41 Å². The molecule has 0 bridgehead atoms. The molecule has 0 saturated carbocycles. The summed E-state index contributed by atoms with van der Waals surface area (Å²) in [5, 5.41) is 2.21. The molecule has 0 unspecified atom stereocenters. The third-order valence-electron chi connectivity index (χ3n) is 4.75. The number of fused-ring (bicyclic) bond motifs is 1. The maximum absolute atomic E-state index is 3.95. The van der Waals surface area contributed by atoms with Gasteiger partial charge in [-0.1, -0.05) is 52.5 Å². The topological polar surface area (TPSA) is 0 Å². The van der Waals surface area contributed by atoms with Crippen LogP contribution in [0.25, 0.3) is 5.57 Å². The highest BCUT2D eigenvalue weighted by molar-refractivity contribution is 8.05. The molecule has 0 saturated heterocycles. The summed E-state index contributed by atoms with van der Waals surface area (Å²) in [6, 6.07) is 7.06. The Balaban J connectivity index is 2.46. The highest BCUT2D eigenvalue weighted by atomic mass is 32.2. The van der Waals surface area contributed by atoms with Crippen molar-refractivity contribution in [3.05, 3.63) is 51.8 Å². The van der Waals surface area contributed by atoms with Gasteiger partial charge in [-0.25, -0.2) is 0 Å². The van der Waals surface area contributed by atoms with E-state index in [1.165, 1.54) is 35.1 Å². The minimum absolute atomic E-state index is 0.280. The predicted octanol–water partition coefficient (Wildman–Crippen LogP) is 6.66. The third kappa shape index (κ3) is 3.45. The Hall–Kier alpha value is -0.950. The fraction of sp³-hybridized carbons (Fsp3) is 0.500. The molecule has 21 heavy (non-hydrogen) atoms. The van der Waals surface area contributed by atoms with Crippen molar-refractivity contribution in [1.29, 1.82) is 0 Å². The summed E-state index contributed by atoms with van der Waals surface area (Å²) < 4.78 is 0. The lowest BCUT2D eigenvalue weighted by Crippen LogP contribution is -2.33. The van der Waals surface area contributed by atoms with Crippen molar-refractivity contribution in [3.63, 3.8) is 0 Å². The molecule has 1 aromatic carbocycles. The van der Waals surface area contributed by atoms with E-state index in [4.69, 9.17) is 0 Å². The lowest BCUT2D eigenvalue weighted by molar-refractivity contribution is 0.332. The van der Waals surface area contributed by atoms with Crippen LogP contribution in [0.3, 0.4) is 0 Å². The first kappa shape index (κ1) is 16.4. The third-order valence-corrected chi connectivity index (χ3v) is 5.62. The second-order valence-electron chi connectivity index (χ2n) is 7.65. The Bertz CT molecular complexity index is 588. The predicted molar refractivity (Wildman–Crippen MR) is 97.8 cm³/mol. The van der Waals surface area contributed by atoms with E-state index in [0.29, 0.717) is 5.41 Å². The smallest absolute Gasteiger partial charge is 0.0100 e. The Morgan fingerprint density at radius 3 is 2.19 bits per heavy atom. The molecule has 0 aliphatic heterocycles. The first-order valence-corrected chi connectivity index (χ1v) is 8.66. The molecule has 0 fully saturated rings. The van der Waals surface area contributed by atoms with Gasteiger partial charge in [0.25, 0.3) is 0 Å². The van der Waals surface area contributed by atoms with Crippen molar-refractivity contribution < 1.29 is 0 Å². The highest BCUT2D eigenvalue weighted by Crippen LogP contribution is 2.46. The van der Waals surface area contributed by atoms with Crippen LogP contribution in [0.4, 0.5) is 0 Å². The molecule has 1 aliphatic rings. The molecule has 0 radical (unpaired) electrons. The van der Waals surface area contributed by atoms with Crippen molar-refractivity contribution in [2.24, 2.45) is 0 Å². The van der Waals surface area contributed by atoms with Crippen LogP contribution < -0.4 is 0 Å². The summed E-state index contributed by atoms with van der Waals surface area (Å²) in [5.74, 6) is 0. The van der Waals surface area contributed by atoms with E-state index in [1.807, 2.05) is 6.92 Å². The van der Waals surface area contributed by atoms with Crippen LogP contribution in [0.15, 0.2) is 35.1 Å². The van der Waals surface area contributed by atoms with Gasteiger partial charge in [-0.3, -0.25) is 0 Å². The normalized spacial score (nSPS) is 20.0. The van der Waals surface area contributed by atoms with E-state index < -0.39 is 0 Å². The molecular formula is C20H28S. The first-order chi connectivity index (χ1) is 9.63. The SMILES string of the molecule is C=C(C)S/C=C(\C)c1ccc2c(c1)C(C)(C)CCC2(C)C. The van der Waals surface area contributed by atoms with Crippen LogP contribution in [-0.4, -0.2) is 0 Å². The molecule has 2 rings (SSSR count). The van der Waals surface area contributed by atoms with Crippen LogP contribution in [0.5, 0.6) is 0 Å². The number of thioether (sulfide) groups is 1. The number of hydrogen-bond acceptors (Lipinski definition) is 1. The largest absolute Gasteiger partial charge is 0.103 e. The Labute approximate surface area is 134 Å². The maximum atomic E-state index is 3.95. The van der Waals surface area contributed by atoms with Crippen molar-refractivity contribution in [2.75, 3.05) is 0 Å². The second-order valence-corrected chi connectivity index (χ2v) is 8.82. The summed E-state index contributed by atoms with van der Waals surface area (Å²) in [4.78, 5) is 1.13. The van der Waals surface area contributed by atoms with Crippen LogP contribution in [0.2, 0.25) is 0 Å². The molecule has 1 aliphatic carbocycles. The molecule has 0 aromatic heterocycles. The summed E-state index contributed by atoms with van der Waals surface area (Å²) >= 11 is 1.71. The lowest BCUT2D eigenvalue weighted by atomic mass is 9.63. The van der Waals surface area contributed by atoms with Crippen LogP contribution >= 0.6 is 11.8 Å². The van der Waals surface area contributed by atoms with Crippen molar-refractivity contribution in [1.82, 2.24) is 0 Å². The van der Waals surface area contributed by atoms with Gasteiger partial charge < -0.3 is 0 Å². The van der Waals surface area contributed by atoms with E-state index >= 15 is 0 Å². The quantitative estimate of drug-likeness (QED) is 0.601. The van der Waals surface area contributed by atoms with Gasteiger partial charge in [0.1, 0.15) is 0 Å². The number of rotatable bonds is 3. The Kier molecular flexibility index (Phi) is 4.44. The molecule has 0 atom stereocenters. The number of allylic oxidation sites excluding steroid dienone is 2. The second kappa shape index (κ2) is 5.68. The molecule has 0 amide bonds. The minimum atomic E-state index is 0.280. The van der Waals surface area contributed by atoms with Gasteiger partial charge in [-0.05, 0) is 70.1 Å². The van der Waals surface area contributed by atoms with Gasteiger partial charge in [0.15, 0.2) is 0 Å². The monoisotopic (exact) mass is 300 g/mol. The molecule has 1 aromatic rings. The zero-order valence-corrected chi connectivity index (χ0v) is 15.2. The summed E-state index contributed by atoms with van der Waals surface area (Å²) in [6.45, 7) is 17.7. The van der Waals surface area contributed by atoms with Gasteiger partial charge in [-0.15, -0.1) is 11.8 Å². The summed E-state index contributed by atoms with van der Waals surface area (Å²) in [6.07, 6.45) is 2.53. The Morgan fingerprint density at radius 1 is 1.05 bits per heavy atom. The molecule has 0 nitrogen and oxygen atoms in total. The van der Waals surface area contributed by atoms with Gasteiger partial charge >= 0.3 is 0 Å². The van der Waals surface area contributed by atoms with E-state index in [0.717, 1.165) is 4.91 Å². The van der Waals surface area contributed by atoms with E-state index in [2.05, 4.69) is 64.8 Å². The van der Waals surface area contributed by atoms with E-state index in [9.17, 15) is 0 Å². The van der Waals surface area contributed by atoms with E-state index in [1.54, 1.807) is 11.8 Å². The average molecular weight is 301 g/mol. The standard InChI is InChI=1S/C20H28S/c1-14(2)21-13-15(3)16-8-9-17-18(12-16)20(6,7)11-10-19(17,4)5/h8-9,12-13H,1,10-11H2,2-7H3/b15-13+. The first-order valence-electron chi connectivity index (χ1n) is 7.78. The van der Waals surface area contributed by atoms with Crippen LogP contribution in [-0.2, 0) is 10.8 Å². The zero-order chi connectivity index (χ0) is 15.8. The highest BCUT2D eigenvalue weighted by Gasteiger charge is 2.36. The maximum Gasteiger partial charge on any atom is -0.0100 e. The lowest BCUT2D eigenvalue weighted by Gasteiger charge is -2.42. The Morgan fingerprint density at radius 2 is 1.62 bits per heavy atom. The van der Waals surface area contributed by atoms with Gasteiger partial charge in [0, 0.05) is 0 Å². The van der Waals surface area contributed by atoms with Crippen LogP contribution in [0, 0.1) is 0 Å². The fourth-order valence-corrected chi connectivity index (χ4v) is 3.61. The molecule has 0 N–H and O–H groups in total. The van der Waals surface area contributed by atoms with Crippen molar-refractivity contribution in [2.45, 2.75) is 65.2 Å². The van der Waals surface area contributed by atoms with Crippen molar-refractivity contribution in [3.8, 4) is 0 Å². The number of hydrogen-bond donors (Lipinski definition) is 0. The minimum Gasteiger partial charge on any atom is -0.103 e. The summed E-state index contributed by atoms with van der Waals surface area (Å²) in [5.41, 5.74) is 6.31. The van der Waals surface area contributed by atoms with Crippen LogP contribution in [0.1, 0.15) is 71.1 Å². The number of benzene rings is 1. The molecule has 1 heteroatoms. The molecule has 0 heterocycles. The van der Waals surface area contributed by atoms with Gasteiger partial charge in [0.2, 0.25) is 0 Å². The molecule has 0 spiro atoms. The van der Waals surface area contributed by atoms with Gasteiger partial charge in [0.05, 0.1) is 0 Å².